The number of β-amino-alcohol motifs (C(OH)–C–C–N with tert-alkyl or cyclic N) is 1. The van der Waals surface area contributed by atoms with E-state index in [0.29, 0.717) is 35.6 Å². The average Bonchev–Trinajstić information content (AvgIpc) is 2.65. The number of aliphatic hydroxyl groups excluding tert-OH is 1. The summed E-state index contributed by atoms with van der Waals surface area (Å²) in [5.74, 6) is 2.27. The Morgan fingerprint density at radius 1 is 1.12 bits per heavy atom. The summed E-state index contributed by atoms with van der Waals surface area (Å²) in [6.45, 7) is 8.56. The van der Waals surface area contributed by atoms with Crippen LogP contribution >= 0.6 is 0 Å². The summed E-state index contributed by atoms with van der Waals surface area (Å²) in [4.78, 5) is 12.9. The van der Waals surface area contributed by atoms with E-state index in [0.717, 1.165) is 26.2 Å². The van der Waals surface area contributed by atoms with Gasteiger partial charge in [0.2, 0.25) is 5.88 Å². The van der Waals surface area contributed by atoms with Crippen LogP contribution in [0.15, 0.2) is 30.6 Å². The Morgan fingerprint density at radius 3 is 2.42 bits per heavy atom. The summed E-state index contributed by atoms with van der Waals surface area (Å²) in [7, 11) is 0. The number of anilines is 2. The van der Waals surface area contributed by atoms with Crippen LogP contribution in [-0.2, 0) is 0 Å². The molecule has 3 N–H and O–H groups in total. The fourth-order valence-electron chi connectivity index (χ4n) is 3.06. The number of aliphatic hydroxyl groups is 1. The number of nitrogens with zero attached hydrogens (tertiary/aromatic N) is 4. The second-order valence-electron chi connectivity index (χ2n) is 6.79. The van der Waals surface area contributed by atoms with Gasteiger partial charge < -0.3 is 20.5 Å². The number of aromatic nitrogens is 2. The summed E-state index contributed by atoms with van der Waals surface area (Å²) in [5, 5.41) is 9.06. The molecule has 2 heterocycles. The summed E-state index contributed by atoms with van der Waals surface area (Å²) in [6, 6.07) is 7.98. The Bertz CT molecular complexity index is 712. The van der Waals surface area contributed by atoms with E-state index >= 15 is 0 Å². The van der Waals surface area contributed by atoms with Crippen LogP contribution in [0.1, 0.15) is 25.3 Å². The third-order valence-electron chi connectivity index (χ3n) is 4.68. The SMILES string of the molecule is CC(C)c1ccc(Oc2ncnc(N3CCN(CCO)CC3)c2N)cc1. The predicted octanol–water partition coefficient (Wildman–Crippen LogP) is 2.09. The molecule has 1 saturated heterocycles. The Labute approximate surface area is 154 Å². The third-order valence-corrected chi connectivity index (χ3v) is 4.68. The van der Waals surface area contributed by atoms with E-state index in [4.69, 9.17) is 15.6 Å². The normalized spacial score (nSPS) is 15.5. The molecule has 0 aliphatic carbocycles. The van der Waals surface area contributed by atoms with Crippen LogP contribution in [0.2, 0.25) is 0 Å². The van der Waals surface area contributed by atoms with Crippen LogP contribution in [0.4, 0.5) is 11.5 Å². The van der Waals surface area contributed by atoms with Crippen molar-refractivity contribution in [2.45, 2.75) is 19.8 Å². The molecule has 1 aromatic heterocycles. The number of hydrogen-bond acceptors (Lipinski definition) is 7. The summed E-state index contributed by atoms with van der Waals surface area (Å²) < 4.78 is 5.89. The van der Waals surface area contributed by atoms with Crippen molar-refractivity contribution in [2.24, 2.45) is 0 Å². The van der Waals surface area contributed by atoms with Gasteiger partial charge in [0.1, 0.15) is 17.8 Å². The van der Waals surface area contributed by atoms with Crippen molar-refractivity contribution in [3.05, 3.63) is 36.2 Å². The second-order valence-corrected chi connectivity index (χ2v) is 6.79. The fourth-order valence-corrected chi connectivity index (χ4v) is 3.06. The van der Waals surface area contributed by atoms with Crippen LogP contribution in [-0.4, -0.2) is 59.3 Å². The molecular formula is C19H27N5O2. The maximum Gasteiger partial charge on any atom is 0.248 e. The lowest BCUT2D eigenvalue weighted by Gasteiger charge is -2.35. The van der Waals surface area contributed by atoms with Gasteiger partial charge in [0.25, 0.3) is 0 Å². The number of benzene rings is 1. The molecule has 1 aliphatic heterocycles. The molecule has 1 aromatic carbocycles. The van der Waals surface area contributed by atoms with Gasteiger partial charge in [-0.15, -0.1) is 0 Å². The van der Waals surface area contributed by atoms with Crippen LogP contribution in [0.25, 0.3) is 0 Å². The first-order valence-electron chi connectivity index (χ1n) is 9.05. The number of nitrogen functional groups attached to an aromatic ring is 1. The Balaban J connectivity index is 1.71. The van der Waals surface area contributed by atoms with Crippen molar-refractivity contribution >= 4 is 11.5 Å². The van der Waals surface area contributed by atoms with E-state index in [1.54, 1.807) is 0 Å². The highest BCUT2D eigenvalue weighted by Gasteiger charge is 2.21. The highest BCUT2D eigenvalue weighted by atomic mass is 16.5. The molecule has 140 valence electrons. The lowest BCUT2D eigenvalue weighted by atomic mass is 10.0. The van der Waals surface area contributed by atoms with Gasteiger partial charge in [-0.2, -0.15) is 4.98 Å². The van der Waals surface area contributed by atoms with Crippen LogP contribution in [0.5, 0.6) is 11.6 Å². The van der Waals surface area contributed by atoms with Crippen molar-refractivity contribution < 1.29 is 9.84 Å². The number of rotatable bonds is 6. The molecule has 0 bridgehead atoms. The van der Waals surface area contributed by atoms with E-state index in [2.05, 4.69) is 45.7 Å². The fraction of sp³-hybridized carbons (Fsp3) is 0.474. The molecule has 26 heavy (non-hydrogen) atoms. The molecule has 1 fully saturated rings. The zero-order valence-corrected chi connectivity index (χ0v) is 15.4. The van der Waals surface area contributed by atoms with Crippen LogP contribution in [0, 0.1) is 0 Å². The van der Waals surface area contributed by atoms with Gasteiger partial charge in [0, 0.05) is 32.7 Å². The summed E-state index contributed by atoms with van der Waals surface area (Å²) in [6.07, 6.45) is 1.49. The second kappa shape index (κ2) is 8.33. The molecule has 2 aromatic rings. The zero-order valence-electron chi connectivity index (χ0n) is 15.4. The molecule has 7 nitrogen and oxygen atoms in total. The molecular weight excluding hydrogens is 330 g/mol. The molecule has 7 heteroatoms. The van der Waals surface area contributed by atoms with Gasteiger partial charge in [-0.3, -0.25) is 4.90 Å². The standard InChI is InChI=1S/C19H27N5O2/c1-14(2)15-3-5-16(6-4-15)26-19-17(20)18(21-13-22-19)24-9-7-23(8-10-24)11-12-25/h3-6,13-14,25H,7-12,20H2,1-2H3. The molecule has 1 aliphatic rings. The van der Waals surface area contributed by atoms with Crippen LogP contribution in [0.3, 0.4) is 0 Å². The van der Waals surface area contributed by atoms with E-state index in [-0.39, 0.29) is 6.61 Å². The topological polar surface area (TPSA) is 87.7 Å². The molecule has 0 atom stereocenters. The van der Waals surface area contributed by atoms with Gasteiger partial charge in [-0.05, 0) is 23.6 Å². The van der Waals surface area contributed by atoms with E-state index < -0.39 is 0 Å². The first-order valence-corrected chi connectivity index (χ1v) is 9.05. The third kappa shape index (κ3) is 4.23. The van der Waals surface area contributed by atoms with E-state index in [9.17, 15) is 0 Å². The van der Waals surface area contributed by atoms with Gasteiger partial charge >= 0.3 is 0 Å². The summed E-state index contributed by atoms with van der Waals surface area (Å²) >= 11 is 0. The number of nitrogens with two attached hydrogens (primary N) is 1. The highest BCUT2D eigenvalue weighted by molar-refractivity contribution is 5.68. The van der Waals surface area contributed by atoms with Crippen LogP contribution < -0.4 is 15.4 Å². The first-order chi connectivity index (χ1) is 12.6. The lowest BCUT2D eigenvalue weighted by molar-refractivity contribution is 0.188. The molecule has 3 rings (SSSR count). The number of hydrogen-bond donors (Lipinski definition) is 2. The first kappa shape index (κ1) is 18.4. The zero-order chi connectivity index (χ0) is 18.5. The van der Waals surface area contributed by atoms with Gasteiger partial charge in [-0.1, -0.05) is 26.0 Å². The average molecular weight is 357 g/mol. The minimum absolute atomic E-state index is 0.184. The van der Waals surface area contributed by atoms with Gasteiger partial charge in [0.05, 0.1) is 6.61 Å². The Hall–Kier alpha value is -2.38. The maximum atomic E-state index is 9.06. The molecule has 0 spiro atoms. The summed E-state index contributed by atoms with van der Waals surface area (Å²) in [5.41, 5.74) is 8.00. The minimum Gasteiger partial charge on any atom is -0.437 e. The monoisotopic (exact) mass is 357 g/mol. The van der Waals surface area contributed by atoms with Crippen molar-refractivity contribution in [3.8, 4) is 11.6 Å². The molecule has 0 amide bonds. The quantitative estimate of drug-likeness (QED) is 0.818. The maximum absolute atomic E-state index is 9.06. The number of piperazine rings is 1. The molecule has 0 unspecified atom stereocenters. The van der Waals surface area contributed by atoms with Gasteiger partial charge in [-0.25, -0.2) is 4.98 Å². The van der Waals surface area contributed by atoms with Crippen molar-refractivity contribution in [3.63, 3.8) is 0 Å². The van der Waals surface area contributed by atoms with Crippen molar-refractivity contribution in [2.75, 3.05) is 50.0 Å². The Morgan fingerprint density at radius 2 is 1.81 bits per heavy atom. The molecule has 0 radical (unpaired) electrons. The largest absolute Gasteiger partial charge is 0.437 e. The highest BCUT2D eigenvalue weighted by Crippen LogP contribution is 2.32. The van der Waals surface area contributed by atoms with E-state index in [1.165, 1.54) is 11.9 Å². The molecule has 0 saturated carbocycles. The van der Waals surface area contributed by atoms with Gasteiger partial charge in [0.15, 0.2) is 5.82 Å². The number of ether oxygens (including phenoxy) is 1. The predicted molar refractivity (Wildman–Crippen MR) is 103 cm³/mol. The van der Waals surface area contributed by atoms with E-state index in [1.807, 2.05) is 12.1 Å². The van der Waals surface area contributed by atoms with Crippen molar-refractivity contribution in [1.82, 2.24) is 14.9 Å². The minimum atomic E-state index is 0.184. The van der Waals surface area contributed by atoms with Crippen molar-refractivity contribution in [1.29, 1.82) is 0 Å². The Kier molecular flexibility index (Phi) is 5.90. The smallest absolute Gasteiger partial charge is 0.248 e. The lowest BCUT2D eigenvalue weighted by Crippen LogP contribution is -2.47.